The summed E-state index contributed by atoms with van der Waals surface area (Å²) in [6.07, 6.45) is 2.98. The van der Waals surface area contributed by atoms with Gasteiger partial charge in [-0.25, -0.2) is 0 Å². The van der Waals surface area contributed by atoms with Crippen LogP contribution in [0.4, 0.5) is 0 Å². The van der Waals surface area contributed by atoms with E-state index in [0.29, 0.717) is 31.8 Å². The molecule has 0 spiro atoms. The number of piperidine rings is 1. The molecule has 1 heterocycles. The van der Waals surface area contributed by atoms with Gasteiger partial charge in [-0.2, -0.15) is 0 Å². The topological polar surface area (TPSA) is 83.6 Å². The first-order valence-electron chi connectivity index (χ1n) is 6.76. The zero-order valence-electron chi connectivity index (χ0n) is 10.8. The number of nitrogens with zero attached hydrogens (tertiary/aromatic N) is 1. The summed E-state index contributed by atoms with van der Waals surface area (Å²) in [6.45, 7) is 3.38. The Hall–Kier alpha value is -1.10. The van der Waals surface area contributed by atoms with Gasteiger partial charge in [0, 0.05) is 19.1 Å². The molecule has 0 aromatic heterocycles. The minimum atomic E-state index is -0.827. The molecule has 2 rings (SSSR count). The summed E-state index contributed by atoms with van der Waals surface area (Å²) in [7, 11) is 0. The molecule has 0 radical (unpaired) electrons. The summed E-state index contributed by atoms with van der Waals surface area (Å²) in [5.74, 6) is -1.30. The lowest BCUT2D eigenvalue weighted by atomic mass is 9.93. The lowest BCUT2D eigenvalue weighted by Crippen LogP contribution is -2.46. The first-order chi connectivity index (χ1) is 8.49. The summed E-state index contributed by atoms with van der Waals surface area (Å²) in [4.78, 5) is 25.4. The third-order valence-corrected chi connectivity index (χ3v) is 4.28. The van der Waals surface area contributed by atoms with Gasteiger partial charge < -0.3 is 15.7 Å². The largest absolute Gasteiger partial charge is 0.481 e. The van der Waals surface area contributed by atoms with Gasteiger partial charge in [-0.1, -0.05) is 6.92 Å². The lowest BCUT2D eigenvalue weighted by Gasteiger charge is -2.33. The van der Waals surface area contributed by atoms with Crippen LogP contribution in [0.1, 0.15) is 32.6 Å². The molecule has 0 bridgehead atoms. The van der Waals surface area contributed by atoms with Crippen LogP contribution in [0.25, 0.3) is 0 Å². The van der Waals surface area contributed by atoms with Crippen LogP contribution >= 0.6 is 0 Å². The molecule has 3 atom stereocenters. The molecule has 18 heavy (non-hydrogen) atoms. The Bertz CT molecular complexity index is 337. The number of aliphatic carboxylic acids is 1. The van der Waals surface area contributed by atoms with Crippen molar-refractivity contribution in [1.29, 1.82) is 0 Å². The number of carboxylic acid groups (broad SMARTS) is 1. The van der Waals surface area contributed by atoms with Crippen molar-refractivity contribution >= 4 is 11.9 Å². The molecule has 1 aliphatic carbocycles. The molecule has 1 saturated carbocycles. The third kappa shape index (κ3) is 2.66. The highest BCUT2D eigenvalue weighted by atomic mass is 16.4. The first-order valence-corrected chi connectivity index (χ1v) is 6.76. The fourth-order valence-electron chi connectivity index (χ4n) is 3.19. The number of hydrogen-bond acceptors (Lipinski definition) is 3. The molecule has 3 unspecified atom stereocenters. The van der Waals surface area contributed by atoms with Gasteiger partial charge in [0.25, 0.3) is 0 Å². The maximum absolute atomic E-state index is 12.4. The van der Waals surface area contributed by atoms with Crippen LogP contribution in [0.3, 0.4) is 0 Å². The number of likely N-dealkylation sites (tertiary alicyclic amines) is 1. The smallest absolute Gasteiger partial charge is 0.307 e. The van der Waals surface area contributed by atoms with Crippen molar-refractivity contribution < 1.29 is 14.7 Å². The van der Waals surface area contributed by atoms with E-state index in [9.17, 15) is 14.7 Å². The van der Waals surface area contributed by atoms with Crippen molar-refractivity contribution in [2.45, 2.75) is 38.6 Å². The Balaban J connectivity index is 2.01. The molecule has 5 nitrogen and oxygen atoms in total. The molecule has 102 valence electrons. The van der Waals surface area contributed by atoms with Gasteiger partial charge in [0.15, 0.2) is 0 Å². The molecule has 1 aliphatic heterocycles. The summed E-state index contributed by atoms with van der Waals surface area (Å²) in [5.41, 5.74) is 5.82. The summed E-state index contributed by atoms with van der Waals surface area (Å²) < 4.78 is 0. The van der Waals surface area contributed by atoms with Gasteiger partial charge in [0.1, 0.15) is 0 Å². The molecule has 3 N–H and O–H groups in total. The molecule has 1 saturated heterocycles. The second-order valence-electron chi connectivity index (χ2n) is 5.79. The van der Waals surface area contributed by atoms with E-state index in [4.69, 9.17) is 5.73 Å². The van der Waals surface area contributed by atoms with Crippen LogP contribution in [-0.4, -0.2) is 41.0 Å². The van der Waals surface area contributed by atoms with Crippen molar-refractivity contribution in [2.24, 2.45) is 23.5 Å². The molecular weight excluding hydrogens is 232 g/mol. The van der Waals surface area contributed by atoms with Gasteiger partial charge in [0.05, 0.1) is 11.8 Å². The molecule has 0 aromatic carbocycles. The SMILES string of the molecule is CC1CC(C(=O)O)C(C(=O)N2CCC(N)CC2)C1. The number of carbonyl (C=O) groups is 2. The normalized spacial score (nSPS) is 33.7. The second kappa shape index (κ2) is 5.26. The average Bonchev–Trinajstić information content (AvgIpc) is 2.71. The van der Waals surface area contributed by atoms with E-state index in [1.54, 1.807) is 0 Å². The lowest BCUT2D eigenvalue weighted by molar-refractivity contribution is -0.149. The summed E-state index contributed by atoms with van der Waals surface area (Å²) >= 11 is 0. The fraction of sp³-hybridized carbons (Fsp3) is 0.846. The number of rotatable bonds is 2. The van der Waals surface area contributed by atoms with Crippen LogP contribution in [0.15, 0.2) is 0 Å². The van der Waals surface area contributed by atoms with E-state index in [1.165, 1.54) is 0 Å². The third-order valence-electron chi connectivity index (χ3n) is 4.28. The Labute approximate surface area is 107 Å². The number of nitrogens with two attached hydrogens (primary N) is 1. The minimum Gasteiger partial charge on any atom is -0.481 e. The number of carboxylic acids is 1. The number of carbonyl (C=O) groups excluding carboxylic acids is 1. The maximum atomic E-state index is 12.4. The van der Waals surface area contributed by atoms with Crippen LogP contribution in [0.5, 0.6) is 0 Å². The minimum absolute atomic E-state index is 0.0265. The van der Waals surface area contributed by atoms with E-state index in [-0.39, 0.29) is 17.9 Å². The number of amides is 1. The molecule has 5 heteroatoms. The Morgan fingerprint density at radius 3 is 2.28 bits per heavy atom. The quantitative estimate of drug-likeness (QED) is 0.759. The fourth-order valence-corrected chi connectivity index (χ4v) is 3.19. The first kappa shape index (κ1) is 13.3. The highest BCUT2D eigenvalue weighted by Gasteiger charge is 2.43. The standard InChI is InChI=1S/C13H22N2O3/c1-8-6-10(11(7-8)13(17)18)12(16)15-4-2-9(14)3-5-15/h8-11H,2-7,14H2,1H3,(H,17,18). The molecule has 1 amide bonds. The van der Waals surface area contributed by atoms with E-state index < -0.39 is 11.9 Å². The van der Waals surface area contributed by atoms with Gasteiger partial charge >= 0.3 is 5.97 Å². The predicted octanol–water partition coefficient (Wildman–Crippen LogP) is 0.683. The molecule has 2 aliphatic rings. The van der Waals surface area contributed by atoms with Crippen molar-refractivity contribution in [1.82, 2.24) is 4.90 Å². The van der Waals surface area contributed by atoms with Crippen molar-refractivity contribution in [2.75, 3.05) is 13.1 Å². The van der Waals surface area contributed by atoms with E-state index in [1.807, 2.05) is 11.8 Å². The van der Waals surface area contributed by atoms with Crippen LogP contribution < -0.4 is 5.73 Å². The second-order valence-corrected chi connectivity index (χ2v) is 5.79. The van der Waals surface area contributed by atoms with Crippen molar-refractivity contribution in [3.05, 3.63) is 0 Å². The number of hydrogen-bond donors (Lipinski definition) is 2. The van der Waals surface area contributed by atoms with E-state index in [2.05, 4.69) is 0 Å². The van der Waals surface area contributed by atoms with Gasteiger partial charge in [-0.05, 0) is 31.6 Å². The van der Waals surface area contributed by atoms with E-state index >= 15 is 0 Å². The van der Waals surface area contributed by atoms with Crippen molar-refractivity contribution in [3.8, 4) is 0 Å². The summed E-state index contributed by atoms with van der Waals surface area (Å²) in [5, 5.41) is 9.20. The predicted molar refractivity (Wildman–Crippen MR) is 66.8 cm³/mol. The van der Waals surface area contributed by atoms with Gasteiger partial charge in [-0.15, -0.1) is 0 Å². The Kier molecular flexibility index (Phi) is 3.90. The Morgan fingerprint density at radius 2 is 1.72 bits per heavy atom. The van der Waals surface area contributed by atoms with Crippen molar-refractivity contribution in [3.63, 3.8) is 0 Å². The van der Waals surface area contributed by atoms with Gasteiger partial charge in [0.2, 0.25) is 5.91 Å². The van der Waals surface area contributed by atoms with Crippen LogP contribution in [-0.2, 0) is 9.59 Å². The molecular formula is C13H22N2O3. The highest BCUT2D eigenvalue weighted by molar-refractivity contribution is 5.85. The monoisotopic (exact) mass is 254 g/mol. The summed E-state index contributed by atoms with van der Waals surface area (Å²) in [6, 6.07) is 0.187. The van der Waals surface area contributed by atoms with E-state index in [0.717, 1.165) is 12.8 Å². The van der Waals surface area contributed by atoms with Crippen LogP contribution in [0.2, 0.25) is 0 Å². The van der Waals surface area contributed by atoms with Crippen LogP contribution in [0, 0.1) is 17.8 Å². The molecule has 2 fully saturated rings. The zero-order valence-corrected chi connectivity index (χ0v) is 10.8. The zero-order chi connectivity index (χ0) is 13.3. The highest BCUT2D eigenvalue weighted by Crippen LogP contribution is 2.37. The Morgan fingerprint density at radius 1 is 1.17 bits per heavy atom. The maximum Gasteiger partial charge on any atom is 0.307 e. The van der Waals surface area contributed by atoms with Gasteiger partial charge in [-0.3, -0.25) is 9.59 Å². The average molecular weight is 254 g/mol. The molecule has 0 aromatic rings.